The smallest absolute Gasteiger partial charge is 0.303 e. The van der Waals surface area contributed by atoms with Gasteiger partial charge in [0.25, 0.3) is 0 Å². The summed E-state index contributed by atoms with van der Waals surface area (Å²) in [6.45, 7) is 8.20. The Kier molecular flexibility index (Phi) is 5.40. The van der Waals surface area contributed by atoms with Gasteiger partial charge in [-0.3, -0.25) is 4.79 Å². The minimum Gasteiger partial charge on any atom is -0.481 e. The zero-order valence-electron chi connectivity index (χ0n) is 11.3. The first-order chi connectivity index (χ1) is 7.89. The lowest BCUT2D eigenvalue weighted by Crippen LogP contribution is -2.32. The maximum absolute atomic E-state index is 10.7. The number of likely N-dealkylation sites (tertiary alicyclic amines) is 1. The van der Waals surface area contributed by atoms with E-state index in [4.69, 9.17) is 5.11 Å². The Labute approximate surface area is 104 Å². The highest BCUT2D eigenvalue weighted by Gasteiger charge is 2.22. The Morgan fingerprint density at radius 3 is 2.76 bits per heavy atom. The number of aliphatic carboxylic acids is 1. The molecule has 0 bridgehead atoms. The maximum atomic E-state index is 10.7. The van der Waals surface area contributed by atoms with Gasteiger partial charge in [-0.1, -0.05) is 13.8 Å². The van der Waals surface area contributed by atoms with Crippen LogP contribution in [-0.4, -0.2) is 49.2 Å². The highest BCUT2D eigenvalue weighted by molar-refractivity contribution is 5.67. The molecule has 0 amide bonds. The number of hydrogen-bond acceptors (Lipinski definition) is 3. The van der Waals surface area contributed by atoms with E-state index in [1.54, 1.807) is 0 Å². The second-order valence-electron chi connectivity index (χ2n) is 6.12. The number of carbonyl (C=O) groups is 1. The lowest BCUT2D eigenvalue weighted by molar-refractivity contribution is -0.139. The van der Waals surface area contributed by atoms with Crippen molar-refractivity contribution in [2.45, 2.75) is 33.1 Å². The number of hydrogen-bond donors (Lipinski definition) is 2. The largest absolute Gasteiger partial charge is 0.481 e. The number of nitrogens with zero attached hydrogens (tertiary/aromatic N) is 1. The monoisotopic (exact) mass is 242 g/mol. The van der Waals surface area contributed by atoms with Crippen molar-refractivity contribution in [1.82, 2.24) is 10.2 Å². The van der Waals surface area contributed by atoms with Crippen LogP contribution in [0.2, 0.25) is 0 Å². The first-order valence-electron chi connectivity index (χ1n) is 6.50. The lowest BCUT2D eigenvalue weighted by Gasteiger charge is -2.23. The van der Waals surface area contributed by atoms with Crippen molar-refractivity contribution >= 4 is 5.97 Å². The Morgan fingerprint density at radius 1 is 1.53 bits per heavy atom. The molecule has 0 aromatic carbocycles. The molecule has 1 heterocycles. The van der Waals surface area contributed by atoms with Crippen LogP contribution in [0.3, 0.4) is 0 Å². The van der Waals surface area contributed by atoms with Gasteiger partial charge < -0.3 is 15.3 Å². The van der Waals surface area contributed by atoms with E-state index >= 15 is 0 Å². The van der Waals surface area contributed by atoms with E-state index in [1.807, 2.05) is 13.8 Å². The molecule has 4 heteroatoms. The van der Waals surface area contributed by atoms with Gasteiger partial charge in [0.05, 0.1) is 6.42 Å². The van der Waals surface area contributed by atoms with Gasteiger partial charge in [-0.05, 0) is 44.3 Å². The molecular formula is C13H26N2O2. The molecule has 0 saturated carbocycles. The first-order valence-corrected chi connectivity index (χ1v) is 6.50. The van der Waals surface area contributed by atoms with Gasteiger partial charge in [-0.25, -0.2) is 0 Å². The normalized spacial score (nSPS) is 21.9. The first kappa shape index (κ1) is 14.5. The van der Waals surface area contributed by atoms with Crippen LogP contribution in [0.4, 0.5) is 0 Å². The van der Waals surface area contributed by atoms with Crippen molar-refractivity contribution < 1.29 is 9.90 Å². The molecule has 1 aliphatic rings. The Balaban J connectivity index is 2.09. The van der Waals surface area contributed by atoms with Crippen molar-refractivity contribution in [3.05, 3.63) is 0 Å². The van der Waals surface area contributed by atoms with Gasteiger partial charge in [-0.2, -0.15) is 0 Å². The average Bonchev–Trinajstić information content (AvgIpc) is 2.57. The van der Waals surface area contributed by atoms with Crippen LogP contribution < -0.4 is 5.32 Å². The third-order valence-corrected chi connectivity index (χ3v) is 3.45. The second-order valence-corrected chi connectivity index (χ2v) is 6.12. The summed E-state index contributed by atoms with van der Waals surface area (Å²) in [5.74, 6) is 0.101. The van der Waals surface area contributed by atoms with Crippen LogP contribution in [0.5, 0.6) is 0 Å². The Hall–Kier alpha value is -0.610. The fraction of sp³-hybridized carbons (Fsp3) is 0.923. The molecule has 1 rings (SSSR count). The third-order valence-electron chi connectivity index (χ3n) is 3.45. The zero-order valence-corrected chi connectivity index (χ0v) is 11.3. The van der Waals surface area contributed by atoms with Gasteiger partial charge in [0.15, 0.2) is 0 Å². The Bertz CT molecular complexity index is 254. The number of nitrogens with one attached hydrogen (secondary N) is 1. The quantitative estimate of drug-likeness (QED) is 0.663. The molecule has 4 nitrogen and oxygen atoms in total. The summed E-state index contributed by atoms with van der Waals surface area (Å²) in [4.78, 5) is 13.0. The van der Waals surface area contributed by atoms with Crippen LogP contribution in [-0.2, 0) is 4.79 Å². The van der Waals surface area contributed by atoms with E-state index in [9.17, 15) is 4.79 Å². The predicted molar refractivity (Wildman–Crippen MR) is 69.1 cm³/mol. The topological polar surface area (TPSA) is 52.6 Å². The van der Waals surface area contributed by atoms with E-state index in [0.29, 0.717) is 0 Å². The molecule has 1 unspecified atom stereocenters. The highest BCUT2D eigenvalue weighted by atomic mass is 16.4. The predicted octanol–water partition coefficient (Wildman–Crippen LogP) is 1.42. The molecule has 0 aromatic rings. The molecule has 0 aliphatic carbocycles. The van der Waals surface area contributed by atoms with Crippen molar-refractivity contribution in [2.24, 2.45) is 11.3 Å². The van der Waals surface area contributed by atoms with Gasteiger partial charge in [0.2, 0.25) is 0 Å². The molecule has 2 N–H and O–H groups in total. The minimum atomic E-state index is -0.714. The summed E-state index contributed by atoms with van der Waals surface area (Å²) in [5.41, 5.74) is -0.154. The standard InChI is InChI=1S/C13H26N2O2/c1-13(2,8-12(16)17)10-14-6-4-11-5-7-15(3)9-11/h11,14H,4-10H2,1-3H3,(H,16,17). The number of carboxylic acids is 1. The van der Waals surface area contributed by atoms with Crippen molar-refractivity contribution in [2.75, 3.05) is 33.2 Å². The lowest BCUT2D eigenvalue weighted by atomic mass is 9.89. The van der Waals surface area contributed by atoms with Crippen LogP contribution in [0.25, 0.3) is 0 Å². The molecule has 1 saturated heterocycles. The molecule has 1 aliphatic heterocycles. The van der Waals surface area contributed by atoms with E-state index in [1.165, 1.54) is 25.9 Å². The van der Waals surface area contributed by atoms with E-state index in [2.05, 4.69) is 17.3 Å². The minimum absolute atomic E-state index is 0.154. The molecule has 0 aromatic heterocycles. The summed E-state index contributed by atoms with van der Waals surface area (Å²) in [6.07, 6.45) is 2.73. The molecular weight excluding hydrogens is 216 g/mol. The second kappa shape index (κ2) is 6.36. The summed E-state index contributed by atoms with van der Waals surface area (Å²) in [6, 6.07) is 0. The van der Waals surface area contributed by atoms with Gasteiger partial charge in [0.1, 0.15) is 0 Å². The van der Waals surface area contributed by atoms with Crippen LogP contribution in [0.1, 0.15) is 33.1 Å². The van der Waals surface area contributed by atoms with E-state index < -0.39 is 5.97 Å². The van der Waals surface area contributed by atoms with Gasteiger partial charge in [-0.15, -0.1) is 0 Å². The van der Waals surface area contributed by atoms with Crippen LogP contribution >= 0.6 is 0 Å². The van der Waals surface area contributed by atoms with E-state index in [0.717, 1.165) is 19.0 Å². The van der Waals surface area contributed by atoms with Crippen molar-refractivity contribution in [3.63, 3.8) is 0 Å². The number of carboxylic acid groups (broad SMARTS) is 1. The zero-order chi connectivity index (χ0) is 12.9. The van der Waals surface area contributed by atoms with Gasteiger partial charge >= 0.3 is 5.97 Å². The highest BCUT2D eigenvalue weighted by Crippen LogP contribution is 2.20. The fourth-order valence-electron chi connectivity index (χ4n) is 2.47. The summed E-state index contributed by atoms with van der Waals surface area (Å²) >= 11 is 0. The summed E-state index contributed by atoms with van der Waals surface area (Å²) < 4.78 is 0. The molecule has 0 spiro atoms. The molecule has 0 radical (unpaired) electrons. The van der Waals surface area contributed by atoms with Gasteiger partial charge in [0, 0.05) is 13.1 Å². The van der Waals surface area contributed by atoms with Crippen molar-refractivity contribution in [1.29, 1.82) is 0 Å². The Morgan fingerprint density at radius 2 is 2.24 bits per heavy atom. The van der Waals surface area contributed by atoms with Crippen molar-refractivity contribution in [3.8, 4) is 0 Å². The molecule has 1 atom stereocenters. The van der Waals surface area contributed by atoms with Crippen LogP contribution in [0.15, 0.2) is 0 Å². The SMILES string of the molecule is CN1CCC(CCNCC(C)(C)CC(=O)O)C1. The molecule has 1 fully saturated rings. The molecule has 100 valence electrons. The molecule has 17 heavy (non-hydrogen) atoms. The maximum Gasteiger partial charge on any atom is 0.303 e. The van der Waals surface area contributed by atoms with Crippen LogP contribution in [0, 0.1) is 11.3 Å². The summed E-state index contributed by atoms with van der Waals surface area (Å²) in [7, 11) is 2.17. The number of rotatable bonds is 7. The summed E-state index contributed by atoms with van der Waals surface area (Å²) in [5, 5.41) is 12.2. The fourth-order valence-corrected chi connectivity index (χ4v) is 2.47. The third kappa shape index (κ3) is 6.03. The average molecular weight is 242 g/mol. The van der Waals surface area contributed by atoms with E-state index in [-0.39, 0.29) is 11.8 Å².